The maximum absolute atomic E-state index is 12.2. The van der Waals surface area contributed by atoms with Crippen molar-refractivity contribution < 1.29 is 4.79 Å². The molecule has 1 fully saturated rings. The summed E-state index contributed by atoms with van der Waals surface area (Å²) in [6, 6.07) is 6.06. The predicted octanol–water partition coefficient (Wildman–Crippen LogP) is 4.21. The third-order valence-electron chi connectivity index (χ3n) is 4.68. The summed E-state index contributed by atoms with van der Waals surface area (Å²) in [4.78, 5) is 12.2. The topological polar surface area (TPSA) is 59.8 Å². The molecular weight excluding hydrogens is 332 g/mol. The molecule has 2 aromatic rings. The minimum atomic E-state index is -0.0165. The van der Waals surface area contributed by atoms with Crippen LogP contribution in [0.1, 0.15) is 55.0 Å². The van der Waals surface area contributed by atoms with Crippen molar-refractivity contribution in [3.63, 3.8) is 0 Å². The second-order valence-electron chi connectivity index (χ2n) is 6.95. The molecule has 25 heavy (non-hydrogen) atoms. The second kappa shape index (κ2) is 8.04. The van der Waals surface area contributed by atoms with Crippen LogP contribution >= 0.6 is 11.8 Å². The van der Waals surface area contributed by atoms with Crippen molar-refractivity contribution in [2.45, 2.75) is 57.0 Å². The van der Waals surface area contributed by atoms with Crippen LogP contribution in [0, 0.1) is 13.8 Å². The van der Waals surface area contributed by atoms with Crippen LogP contribution < -0.4 is 5.32 Å². The van der Waals surface area contributed by atoms with Gasteiger partial charge in [0.25, 0.3) is 0 Å². The van der Waals surface area contributed by atoms with Crippen LogP contribution in [-0.4, -0.2) is 26.4 Å². The molecule has 0 aliphatic heterocycles. The summed E-state index contributed by atoms with van der Waals surface area (Å²) in [5, 5.41) is 12.5. The van der Waals surface area contributed by atoms with Crippen LogP contribution in [0.15, 0.2) is 23.4 Å². The van der Waals surface area contributed by atoms with E-state index in [0.717, 1.165) is 27.8 Å². The van der Waals surface area contributed by atoms with Gasteiger partial charge in [-0.3, -0.25) is 4.79 Å². The molecule has 0 radical (unpaired) electrons. The zero-order chi connectivity index (χ0) is 17.8. The van der Waals surface area contributed by atoms with E-state index in [9.17, 15) is 4.79 Å². The Morgan fingerprint density at radius 1 is 1.16 bits per heavy atom. The van der Waals surface area contributed by atoms with Gasteiger partial charge in [-0.25, -0.2) is 0 Å². The number of amides is 1. The molecule has 0 unspecified atom stereocenters. The molecule has 1 amide bonds. The van der Waals surface area contributed by atoms with E-state index < -0.39 is 0 Å². The Hall–Kier alpha value is -1.82. The lowest BCUT2D eigenvalue weighted by atomic mass is 9.89. The van der Waals surface area contributed by atoms with Gasteiger partial charge in [0.2, 0.25) is 5.91 Å². The number of nitrogens with zero attached hydrogens (tertiary/aromatic N) is 3. The largest absolute Gasteiger partial charge is 0.325 e. The van der Waals surface area contributed by atoms with E-state index in [4.69, 9.17) is 0 Å². The summed E-state index contributed by atoms with van der Waals surface area (Å²) in [6.07, 6.45) is 6.28. The van der Waals surface area contributed by atoms with Gasteiger partial charge in [-0.1, -0.05) is 37.1 Å². The Morgan fingerprint density at radius 3 is 2.52 bits per heavy atom. The van der Waals surface area contributed by atoms with Gasteiger partial charge in [0.1, 0.15) is 5.82 Å². The van der Waals surface area contributed by atoms with Crippen molar-refractivity contribution in [2.75, 3.05) is 11.1 Å². The Kier molecular flexibility index (Phi) is 5.78. The second-order valence-corrected chi connectivity index (χ2v) is 7.89. The number of hydrogen-bond donors (Lipinski definition) is 1. The number of thioether (sulfide) groups is 1. The lowest BCUT2D eigenvalue weighted by Crippen LogP contribution is -2.15. The van der Waals surface area contributed by atoms with E-state index in [1.54, 1.807) is 0 Å². The molecule has 0 bridgehead atoms. The summed E-state index contributed by atoms with van der Waals surface area (Å²) in [5.74, 6) is 1.91. The van der Waals surface area contributed by atoms with E-state index in [1.165, 1.54) is 43.9 Å². The van der Waals surface area contributed by atoms with E-state index in [1.807, 2.05) is 33.0 Å². The molecule has 1 aliphatic carbocycles. The van der Waals surface area contributed by atoms with Gasteiger partial charge in [-0.05, 0) is 49.9 Å². The van der Waals surface area contributed by atoms with Crippen molar-refractivity contribution >= 4 is 23.4 Å². The highest BCUT2D eigenvalue weighted by atomic mass is 32.2. The molecule has 0 saturated heterocycles. The van der Waals surface area contributed by atoms with Crippen LogP contribution in [0.25, 0.3) is 0 Å². The molecule has 3 rings (SSSR count). The first-order valence-electron chi connectivity index (χ1n) is 8.93. The summed E-state index contributed by atoms with van der Waals surface area (Å²) in [7, 11) is 2.01. The number of aromatic nitrogens is 3. The molecule has 0 spiro atoms. The maximum atomic E-state index is 12.2. The fraction of sp³-hybridized carbons (Fsp3) is 0.526. The van der Waals surface area contributed by atoms with Gasteiger partial charge < -0.3 is 9.88 Å². The Balaban J connectivity index is 1.58. The first-order valence-corrected chi connectivity index (χ1v) is 9.91. The number of carbonyl (C=O) groups is 1. The van der Waals surface area contributed by atoms with E-state index in [0.29, 0.717) is 11.7 Å². The number of nitrogens with one attached hydrogen (secondary N) is 1. The van der Waals surface area contributed by atoms with Crippen molar-refractivity contribution in [1.82, 2.24) is 14.8 Å². The quantitative estimate of drug-likeness (QED) is 0.813. The zero-order valence-electron chi connectivity index (χ0n) is 15.2. The van der Waals surface area contributed by atoms with E-state index in [-0.39, 0.29) is 5.91 Å². The predicted molar refractivity (Wildman–Crippen MR) is 102 cm³/mol. The molecule has 5 nitrogen and oxygen atoms in total. The van der Waals surface area contributed by atoms with Crippen LogP contribution in [0.5, 0.6) is 0 Å². The first-order chi connectivity index (χ1) is 12.0. The average molecular weight is 359 g/mol. The van der Waals surface area contributed by atoms with E-state index >= 15 is 0 Å². The first kappa shape index (κ1) is 18.0. The summed E-state index contributed by atoms with van der Waals surface area (Å²) >= 11 is 1.44. The average Bonchev–Trinajstić information content (AvgIpc) is 2.93. The molecular formula is C19H26N4OS. The van der Waals surface area contributed by atoms with Gasteiger partial charge in [-0.2, -0.15) is 0 Å². The Bertz CT molecular complexity index is 730. The summed E-state index contributed by atoms with van der Waals surface area (Å²) in [5.41, 5.74) is 3.14. The number of aryl methyl sites for hydroxylation is 2. The fourth-order valence-corrected chi connectivity index (χ4v) is 4.26. The van der Waals surface area contributed by atoms with Crippen LogP contribution in [-0.2, 0) is 11.8 Å². The molecule has 1 N–H and O–H groups in total. The highest BCUT2D eigenvalue weighted by molar-refractivity contribution is 7.99. The SMILES string of the molecule is Cc1cc(C)cc(NC(=O)CSc2nnc(C3CCCCC3)n2C)c1. The molecule has 1 saturated carbocycles. The third-order valence-corrected chi connectivity index (χ3v) is 5.70. The fourth-order valence-electron chi connectivity index (χ4n) is 3.54. The summed E-state index contributed by atoms with van der Waals surface area (Å²) < 4.78 is 2.06. The number of hydrogen-bond acceptors (Lipinski definition) is 4. The van der Waals surface area contributed by atoms with Crippen LogP contribution in [0.2, 0.25) is 0 Å². The Morgan fingerprint density at radius 2 is 1.84 bits per heavy atom. The van der Waals surface area contributed by atoms with Gasteiger partial charge in [0, 0.05) is 18.7 Å². The monoisotopic (exact) mass is 358 g/mol. The van der Waals surface area contributed by atoms with Crippen molar-refractivity contribution in [2.24, 2.45) is 7.05 Å². The molecule has 1 heterocycles. The standard InChI is InChI=1S/C19H26N4OS/c1-13-9-14(2)11-16(10-13)20-17(24)12-25-19-22-21-18(23(19)3)15-7-5-4-6-8-15/h9-11,15H,4-8,12H2,1-3H3,(H,20,24). The zero-order valence-corrected chi connectivity index (χ0v) is 16.0. The lowest BCUT2D eigenvalue weighted by molar-refractivity contribution is -0.113. The van der Waals surface area contributed by atoms with E-state index in [2.05, 4.69) is 26.1 Å². The highest BCUT2D eigenvalue weighted by Crippen LogP contribution is 2.32. The van der Waals surface area contributed by atoms with Crippen LogP contribution in [0.3, 0.4) is 0 Å². The smallest absolute Gasteiger partial charge is 0.234 e. The highest BCUT2D eigenvalue weighted by Gasteiger charge is 2.22. The van der Waals surface area contributed by atoms with Crippen molar-refractivity contribution in [1.29, 1.82) is 0 Å². The molecule has 1 aromatic heterocycles. The lowest BCUT2D eigenvalue weighted by Gasteiger charge is -2.20. The number of carbonyl (C=O) groups excluding carboxylic acids is 1. The third kappa shape index (κ3) is 4.63. The molecule has 1 aromatic carbocycles. The van der Waals surface area contributed by atoms with Crippen molar-refractivity contribution in [3.8, 4) is 0 Å². The molecule has 6 heteroatoms. The van der Waals surface area contributed by atoms with Gasteiger partial charge in [-0.15, -0.1) is 10.2 Å². The number of benzene rings is 1. The molecule has 0 atom stereocenters. The van der Waals surface area contributed by atoms with Crippen molar-refractivity contribution in [3.05, 3.63) is 35.2 Å². The number of anilines is 1. The van der Waals surface area contributed by atoms with Crippen LogP contribution in [0.4, 0.5) is 5.69 Å². The normalized spacial score (nSPS) is 15.3. The maximum Gasteiger partial charge on any atom is 0.234 e. The van der Waals surface area contributed by atoms with Gasteiger partial charge in [0.15, 0.2) is 5.16 Å². The van der Waals surface area contributed by atoms with Gasteiger partial charge >= 0.3 is 0 Å². The van der Waals surface area contributed by atoms with Gasteiger partial charge in [0.05, 0.1) is 5.75 Å². The molecule has 134 valence electrons. The summed E-state index contributed by atoms with van der Waals surface area (Å²) in [6.45, 7) is 4.06. The number of rotatable bonds is 5. The molecule has 1 aliphatic rings. The minimum Gasteiger partial charge on any atom is -0.325 e. The Labute approximate surface area is 153 Å². The minimum absolute atomic E-state index is 0.0165.